The van der Waals surface area contributed by atoms with Gasteiger partial charge in [0.1, 0.15) is 6.04 Å². The maximum absolute atomic E-state index is 13.0. The van der Waals surface area contributed by atoms with E-state index >= 15 is 0 Å². The van der Waals surface area contributed by atoms with E-state index in [1.807, 2.05) is 11.1 Å². The van der Waals surface area contributed by atoms with Gasteiger partial charge in [-0.1, -0.05) is 37.3 Å². The molecule has 4 aliphatic carbocycles. The van der Waals surface area contributed by atoms with E-state index < -0.39 is 6.04 Å². The number of aliphatic hydroxyl groups is 1. The third-order valence-corrected chi connectivity index (χ3v) is 13.6. The molecule has 2 N–H and O–H groups in total. The number of hydrogen-bond acceptors (Lipinski definition) is 8. The Morgan fingerprint density at radius 2 is 1.34 bits per heavy atom. The van der Waals surface area contributed by atoms with E-state index in [0.29, 0.717) is 77.0 Å². The van der Waals surface area contributed by atoms with Gasteiger partial charge in [0.15, 0.2) is 0 Å². The molecule has 0 aromatic carbocycles. The van der Waals surface area contributed by atoms with Gasteiger partial charge in [0.2, 0.25) is 17.7 Å². The van der Waals surface area contributed by atoms with Gasteiger partial charge in [-0.05, 0) is 133 Å². The number of amides is 3. The lowest BCUT2D eigenvalue weighted by Gasteiger charge is -2.39. The molecule has 300 valence electrons. The predicted molar refractivity (Wildman–Crippen MR) is 203 cm³/mol. The predicted octanol–water partition coefficient (Wildman–Crippen LogP) is 6.66. The first-order valence-electron chi connectivity index (χ1n) is 21.8. The van der Waals surface area contributed by atoms with Crippen LogP contribution in [0.5, 0.6) is 0 Å². The van der Waals surface area contributed by atoms with Gasteiger partial charge in [-0.2, -0.15) is 0 Å². The average Bonchev–Trinajstić information content (AvgIpc) is 3.50. The van der Waals surface area contributed by atoms with Gasteiger partial charge in [0, 0.05) is 45.3 Å². The molecule has 6 fully saturated rings. The first-order valence-corrected chi connectivity index (χ1v) is 21.8. The number of carbonyl (C=O) groups excluding carboxylic acids is 3. The number of carbonyl (C=O) groups is 3. The number of hydrogen-bond donors (Lipinski definition) is 2. The lowest BCUT2D eigenvalue weighted by Crippen LogP contribution is -2.53. The zero-order valence-corrected chi connectivity index (χ0v) is 32.7. The minimum Gasteiger partial charge on any atom is -0.393 e. The molecular formula is C43H70N2O8. The van der Waals surface area contributed by atoms with Crippen molar-refractivity contribution < 1.29 is 38.4 Å². The standard InChI is InChI=1S/C43H70N2O8/c1-2-37(30-8-4-3-5-9-30)41(31-10-14-34(46)15-11-31)32-12-16-35(17-13-32)53-27-26-51-23-6-22-50-24-7-25-52-36-18-19-38-33(28-36)29-45(43(38)49)39-20-21-40(47)44-42(39)48/h30-36,38-39,46H,2-29H2,1H3,(H,44,47,48)/b41-37-. The van der Waals surface area contributed by atoms with Crippen molar-refractivity contribution in [3.8, 4) is 0 Å². The minimum atomic E-state index is -0.512. The highest BCUT2D eigenvalue weighted by molar-refractivity contribution is 6.02. The summed E-state index contributed by atoms with van der Waals surface area (Å²) in [5, 5.41) is 12.6. The van der Waals surface area contributed by atoms with E-state index in [0.717, 1.165) is 63.7 Å². The highest BCUT2D eigenvalue weighted by atomic mass is 16.5. The van der Waals surface area contributed by atoms with Crippen molar-refractivity contribution in [1.29, 1.82) is 0 Å². The molecule has 4 unspecified atom stereocenters. The molecule has 2 aliphatic heterocycles. The first kappa shape index (κ1) is 40.8. The molecule has 6 aliphatic rings. The maximum Gasteiger partial charge on any atom is 0.249 e. The molecule has 10 heteroatoms. The summed E-state index contributed by atoms with van der Waals surface area (Å²) in [6, 6.07) is -0.512. The van der Waals surface area contributed by atoms with Crippen molar-refractivity contribution in [3.63, 3.8) is 0 Å². The van der Waals surface area contributed by atoms with Crippen LogP contribution in [-0.4, -0.2) is 98.3 Å². The van der Waals surface area contributed by atoms with Crippen LogP contribution in [0.3, 0.4) is 0 Å². The largest absolute Gasteiger partial charge is 0.393 e. The van der Waals surface area contributed by atoms with Gasteiger partial charge >= 0.3 is 0 Å². The van der Waals surface area contributed by atoms with Crippen LogP contribution in [0.1, 0.15) is 142 Å². The van der Waals surface area contributed by atoms with Crippen LogP contribution in [0.15, 0.2) is 11.1 Å². The first-order chi connectivity index (χ1) is 25.9. The molecule has 6 rings (SSSR count). The lowest BCUT2D eigenvalue weighted by atomic mass is 9.68. The topological polar surface area (TPSA) is 124 Å². The molecule has 0 bridgehead atoms. The third kappa shape index (κ3) is 11.4. The zero-order valence-electron chi connectivity index (χ0n) is 32.7. The van der Waals surface area contributed by atoms with Crippen molar-refractivity contribution in [1.82, 2.24) is 10.2 Å². The summed E-state index contributed by atoms with van der Waals surface area (Å²) in [5.41, 5.74) is 3.64. The molecule has 0 radical (unpaired) electrons. The van der Waals surface area contributed by atoms with Crippen LogP contribution in [0.4, 0.5) is 0 Å². The lowest BCUT2D eigenvalue weighted by molar-refractivity contribution is -0.145. The molecule has 3 amide bonds. The quantitative estimate of drug-likeness (QED) is 0.0909. The Morgan fingerprint density at radius 1 is 0.698 bits per heavy atom. The Bertz CT molecular complexity index is 1200. The van der Waals surface area contributed by atoms with Crippen molar-refractivity contribution in [2.75, 3.05) is 46.2 Å². The highest BCUT2D eigenvalue weighted by Gasteiger charge is 2.48. The van der Waals surface area contributed by atoms with E-state index in [1.54, 1.807) is 4.90 Å². The van der Waals surface area contributed by atoms with Crippen molar-refractivity contribution >= 4 is 17.7 Å². The molecule has 0 spiro atoms. The number of imide groups is 1. The van der Waals surface area contributed by atoms with E-state index in [2.05, 4.69) is 12.2 Å². The van der Waals surface area contributed by atoms with Crippen LogP contribution < -0.4 is 5.32 Å². The zero-order chi connectivity index (χ0) is 37.0. The monoisotopic (exact) mass is 743 g/mol. The Kier molecular flexibility index (Phi) is 16.1. The second-order valence-corrected chi connectivity index (χ2v) is 17.1. The molecular weight excluding hydrogens is 672 g/mol. The number of fused-ring (bicyclic) bond motifs is 1. The second kappa shape index (κ2) is 20.9. The van der Waals surface area contributed by atoms with Gasteiger partial charge in [-0.25, -0.2) is 0 Å². The highest BCUT2D eigenvalue weighted by Crippen LogP contribution is 2.46. The number of ether oxygens (including phenoxy) is 4. The molecule has 2 saturated heterocycles. The summed E-state index contributed by atoms with van der Waals surface area (Å²) in [5.74, 6) is 1.86. The number of nitrogens with one attached hydrogen (secondary N) is 1. The molecule has 0 aromatic heterocycles. The molecule has 0 aromatic rings. The summed E-state index contributed by atoms with van der Waals surface area (Å²) in [6.45, 7) is 6.92. The van der Waals surface area contributed by atoms with E-state index in [1.165, 1.54) is 64.2 Å². The molecule has 4 atom stereocenters. The third-order valence-electron chi connectivity index (χ3n) is 13.6. The smallest absolute Gasteiger partial charge is 0.249 e. The van der Waals surface area contributed by atoms with Crippen LogP contribution in [0.25, 0.3) is 0 Å². The minimum absolute atomic E-state index is 0.0262. The molecule has 10 nitrogen and oxygen atoms in total. The molecule has 2 heterocycles. The van der Waals surface area contributed by atoms with Crippen molar-refractivity contribution in [2.45, 2.75) is 166 Å². The average molecular weight is 743 g/mol. The Hall–Kier alpha value is -1.85. The van der Waals surface area contributed by atoms with Crippen molar-refractivity contribution in [3.05, 3.63) is 11.1 Å². The summed E-state index contributed by atoms with van der Waals surface area (Å²) in [6.07, 6.45) is 22.5. The van der Waals surface area contributed by atoms with Gasteiger partial charge in [-0.15, -0.1) is 0 Å². The number of likely N-dealkylation sites (tertiary alicyclic amines) is 1. The summed E-state index contributed by atoms with van der Waals surface area (Å²) < 4.78 is 24.2. The summed E-state index contributed by atoms with van der Waals surface area (Å²) >= 11 is 0. The van der Waals surface area contributed by atoms with Crippen molar-refractivity contribution in [2.24, 2.45) is 29.6 Å². The fourth-order valence-electron chi connectivity index (χ4n) is 10.8. The Labute approximate surface area is 318 Å². The number of aliphatic hydroxyl groups excluding tert-OH is 1. The van der Waals surface area contributed by atoms with Crippen LogP contribution in [0, 0.1) is 29.6 Å². The van der Waals surface area contributed by atoms with Crippen LogP contribution in [0.2, 0.25) is 0 Å². The maximum atomic E-state index is 13.0. The summed E-state index contributed by atoms with van der Waals surface area (Å²) in [4.78, 5) is 38.6. The van der Waals surface area contributed by atoms with Gasteiger partial charge in [0.05, 0.1) is 31.5 Å². The normalized spacial score (nSPS) is 33.5. The number of nitrogens with zero attached hydrogens (tertiary/aromatic N) is 1. The molecule has 4 saturated carbocycles. The SMILES string of the molecule is CC/C(=C(\C1CCC(O)CC1)C1CCC(OCCOCCCOCCCOC2CCC3C(=O)N(C4CCC(=O)NC4=O)CC3C2)CC1)C1CCCCC1. The Balaban J connectivity index is 0.782. The van der Waals surface area contributed by atoms with Crippen LogP contribution in [-0.2, 0) is 33.3 Å². The van der Waals surface area contributed by atoms with E-state index in [-0.39, 0.29) is 41.8 Å². The summed E-state index contributed by atoms with van der Waals surface area (Å²) in [7, 11) is 0. The van der Waals surface area contributed by atoms with E-state index in [9.17, 15) is 19.5 Å². The van der Waals surface area contributed by atoms with E-state index in [4.69, 9.17) is 18.9 Å². The number of allylic oxidation sites excluding steroid dienone is 2. The van der Waals surface area contributed by atoms with Gasteiger partial charge < -0.3 is 29.0 Å². The Morgan fingerprint density at radius 3 is 2.04 bits per heavy atom. The fourth-order valence-corrected chi connectivity index (χ4v) is 10.8. The molecule has 53 heavy (non-hydrogen) atoms. The second-order valence-electron chi connectivity index (χ2n) is 17.1. The van der Waals surface area contributed by atoms with Gasteiger partial charge in [-0.3, -0.25) is 19.7 Å². The van der Waals surface area contributed by atoms with Crippen LogP contribution >= 0.6 is 0 Å². The number of rotatable bonds is 18. The van der Waals surface area contributed by atoms with Gasteiger partial charge in [0.25, 0.3) is 0 Å². The fraction of sp³-hybridized carbons (Fsp3) is 0.884. The number of piperidine rings is 1.